The molecule has 7 heteroatoms. The normalized spacial score (nSPS) is 17.7. The van der Waals surface area contributed by atoms with Gasteiger partial charge in [-0.1, -0.05) is 11.6 Å². The Kier molecular flexibility index (Phi) is 4.46. The Balaban J connectivity index is 1.75. The van der Waals surface area contributed by atoms with Gasteiger partial charge in [-0.2, -0.15) is 0 Å². The number of pyridine rings is 1. The fraction of sp³-hybridized carbons (Fsp3) is 0.316. The largest absolute Gasteiger partial charge is 0.377 e. The molecule has 1 saturated heterocycles. The number of benzene rings is 1. The zero-order valence-corrected chi connectivity index (χ0v) is 15.3. The molecule has 3 aromatic rings. The smallest absolute Gasteiger partial charge is 0.163 e. The van der Waals surface area contributed by atoms with Gasteiger partial charge in [-0.3, -0.25) is 0 Å². The number of morpholine rings is 1. The van der Waals surface area contributed by atoms with E-state index in [9.17, 15) is 4.39 Å². The van der Waals surface area contributed by atoms with Crippen LogP contribution in [0.1, 0.15) is 12.6 Å². The van der Waals surface area contributed by atoms with Crippen molar-refractivity contribution in [3.05, 3.63) is 47.0 Å². The molecule has 0 N–H and O–H groups in total. The summed E-state index contributed by atoms with van der Waals surface area (Å²) in [5.41, 5.74) is 1.95. The minimum Gasteiger partial charge on any atom is -0.377 e. The zero-order valence-electron chi connectivity index (χ0n) is 14.5. The summed E-state index contributed by atoms with van der Waals surface area (Å²) in [7, 11) is 0. The maximum atomic E-state index is 13.6. The van der Waals surface area contributed by atoms with Crippen LogP contribution in [0, 0.1) is 12.7 Å². The molecule has 0 spiro atoms. The van der Waals surface area contributed by atoms with Crippen molar-refractivity contribution < 1.29 is 9.13 Å². The first kappa shape index (κ1) is 17.1. The zero-order chi connectivity index (χ0) is 18.3. The van der Waals surface area contributed by atoms with Crippen LogP contribution < -0.4 is 4.90 Å². The molecule has 0 amide bonds. The first-order valence-electron chi connectivity index (χ1n) is 8.47. The van der Waals surface area contributed by atoms with Crippen LogP contribution in [0.15, 0.2) is 30.5 Å². The van der Waals surface area contributed by atoms with Gasteiger partial charge < -0.3 is 9.64 Å². The summed E-state index contributed by atoms with van der Waals surface area (Å²) in [5.74, 6) is 0.917. The van der Waals surface area contributed by atoms with Gasteiger partial charge in [0.15, 0.2) is 5.82 Å². The predicted octanol–water partition coefficient (Wildman–Crippen LogP) is 4.02. The van der Waals surface area contributed by atoms with Crippen molar-refractivity contribution in [1.82, 2.24) is 15.0 Å². The molecule has 134 valence electrons. The minimum absolute atomic E-state index is 0.236. The Labute approximate surface area is 155 Å². The molecule has 0 bridgehead atoms. The van der Waals surface area contributed by atoms with E-state index in [0.717, 1.165) is 23.4 Å². The van der Waals surface area contributed by atoms with Crippen LogP contribution in [0.25, 0.3) is 22.3 Å². The van der Waals surface area contributed by atoms with E-state index in [4.69, 9.17) is 16.3 Å². The molecule has 0 unspecified atom stereocenters. The molecule has 2 aromatic heterocycles. The van der Waals surface area contributed by atoms with Gasteiger partial charge >= 0.3 is 0 Å². The van der Waals surface area contributed by atoms with Crippen LogP contribution in [0.3, 0.4) is 0 Å². The van der Waals surface area contributed by atoms with E-state index in [1.807, 2.05) is 13.0 Å². The van der Waals surface area contributed by atoms with Crippen LogP contribution >= 0.6 is 11.6 Å². The van der Waals surface area contributed by atoms with Crippen molar-refractivity contribution in [1.29, 1.82) is 0 Å². The van der Waals surface area contributed by atoms with E-state index < -0.39 is 0 Å². The van der Waals surface area contributed by atoms with Gasteiger partial charge in [0.25, 0.3) is 0 Å². The molecule has 1 atom stereocenters. The van der Waals surface area contributed by atoms with Crippen LogP contribution in [0.2, 0.25) is 5.02 Å². The Bertz CT molecular complexity index is 981. The molecule has 3 heterocycles. The Morgan fingerprint density at radius 2 is 2.12 bits per heavy atom. The molecule has 1 fully saturated rings. The summed E-state index contributed by atoms with van der Waals surface area (Å²) in [6.45, 7) is 6.07. The first-order chi connectivity index (χ1) is 12.5. The third kappa shape index (κ3) is 3.10. The molecule has 26 heavy (non-hydrogen) atoms. The van der Waals surface area contributed by atoms with Crippen LogP contribution in [-0.4, -0.2) is 40.8 Å². The lowest BCUT2D eigenvalue weighted by atomic mass is 10.1. The highest BCUT2D eigenvalue weighted by atomic mass is 35.5. The van der Waals surface area contributed by atoms with Crippen molar-refractivity contribution in [2.45, 2.75) is 19.9 Å². The van der Waals surface area contributed by atoms with Gasteiger partial charge in [0.2, 0.25) is 0 Å². The molecule has 0 saturated carbocycles. The SMILES string of the molecule is Cc1nc(-c2cnc(N3CCOC[C@H]3C)cc2Cl)nc2cc(F)ccc12. The molecule has 1 aliphatic heterocycles. The lowest BCUT2D eigenvalue weighted by Gasteiger charge is -2.34. The third-order valence-corrected chi connectivity index (χ3v) is 4.90. The molecular formula is C19H18ClFN4O. The highest BCUT2D eigenvalue weighted by Gasteiger charge is 2.21. The summed E-state index contributed by atoms with van der Waals surface area (Å²) in [6, 6.07) is 6.56. The average Bonchev–Trinajstić information content (AvgIpc) is 2.61. The van der Waals surface area contributed by atoms with E-state index in [0.29, 0.717) is 35.1 Å². The number of hydrogen-bond donors (Lipinski definition) is 0. The number of aromatic nitrogens is 3. The highest BCUT2D eigenvalue weighted by molar-refractivity contribution is 6.33. The second-order valence-corrected chi connectivity index (χ2v) is 6.84. The van der Waals surface area contributed by atoms with E-state index in [2.05, 4.69) is 26.8 Å². The maximum Gasteiger partial charge on any atom is 0.163 e. The summed E-state index contributed by atoms with van der Waals surface area (Å²) in [4.78, 5) is 15.7. The number of anilines is 1. The predicted molar refractivity (Wildman–Crippen MR) is 100 cm³/mol. The highest BCUT2D eigenvalue weighted by Crippen LogP contribution is 2.30. The summed E-state index contributed by atoms with van der Waals surface area (Å²) in [6.07, 6.45) is 1.68. The number of rotatable bonds is 2. The minimum atomic E-state index is -0.331. The molecule has 5 nitrogen and oxygen atoms in total. The van der Waals surface area contributed by atoms with Crippen molar-refractivity contribution in [3.63, 3.8) is 0 Å². The molecule has 1 aromatic carbocycles. The molecule has 0 aliphatic carbocycles. The quantitative estimate of drug-likeness (QED) is 0.680. The van der Waals surface area contributed by atoms with E-state index >= 15 is 0 Å². The summed E-state index contributed by atoms with van der Waals surface area (Å²) < 4.78 is 19.0. The second kappa shape index (κ2) is 6.78. The standard InChI is InChI=1S/C19H18ClFN4O/c1-11-10-26-6-5-25(11)18-8-16(20)15(9-22-18)19-23-12(2)14-4-3-13(21)7-17(14)24-19/h3-4,7-9,11H,5-6,10H2,1-2H3/t11-/m1/s1. The molecule has 1 aliphatic rings. The van der Waals surface area contributed by atoms with Gasteiger partial charge in [0.1, 0.15) is 11.6 Å². The number of fused-ring (bicyclic) bond motifs is 1. The second-order valence-electron chi connectivity index (χ2n) is 6.43. The van der Waals surface area contributed by atoms with Crippen LogP contribution in [0.5, 0.6) is 0 Å². The van der Waals surface area contributed by atoms with Gasteiger partial charge in [0, 0.05) is 36.0 Å². The Hall–Kier alpha value is -2.31. The number of ether oxygens (including phenoxy) is 1. The van der Waals surface area contributed by atoms with Crippen molar-refractivity contribution in [2.24, 2.45) is 0 Å². The Morgan fingerprint density at radius 1 is 1.27 bits per heavy atom. The van der Waals surface area contributed by atoms with Gasteiger partial charge in [-0.25, -0.2) is 19.3 Å². The number of aryl methyl sites for hydroxylation is 1. The molecule has 0 radical (unpaired) electrons. The van der Waals surface area contributed by atoms with E-state index in [1.165, 1.54) is 12.1 Å². The first-order valence-corrected chi connectivity index (χ1v) is 8.85. The van der Waals surface area contributed by atoms with Crippen molar-refractivity contribution >= 4 is 28.3 Å². The van der Waals surface area contributed by atoms with E-state index in [-0.39, 0.29) is 11.9 Å². The fourth-order valence-electron chi connectivity index (χ4n) is 3.19. The van der Waals surface area contributed by atoms with Gasteiger partial charge in [0.05, 0.1) is 35.4 Å². The van der Waals surface area contributed by atoms with Crippen molar-refractivity contribution in [2.75, 3.05) is 24.7 Å². The summed E-state index contributed by atoms with van der Waals surface area (Å²) >= 11 is 6.51. The number of halogens is 2. The van der Waals surface area contributed by atoms with Gasteiger partial charge in [-0.05, 0) is 26.0 Å². The van der Waals surface area contributed by atoms with Gasteiger partial charge in [-0.15, -0.1) is 0 Å². The lowest BCUT2D eigenvalue weighted by molar-refractivity contribution is 0.0985. The maximum absolute atomic E-state index is 13.6. The number of hydrogen-bond acceptors (Lipinski definition) is 5. The molecular weight excluding hydrogens is 355 g/mol. The Morgan fingerprint density at radius 3 is 2.88 bits per heavy atom. The number of nitrogens with zero attached hydrogens (tertiary/aromatic N) is 4. The monoisotopic (exact) mass is 372 g/mol. The topological polar surface area (TPSA) is 51.1 Å². The summed E-state index contributed by atoms with van der Waals surface area (Å²) in [5, 5.41) is 1.34. The molecule has 4 rings (SSSR count). The van der Waals surface area contributed by atoms with E-state index in [1.54, 1.807) is 12.3 Å². The fourth-order valence-corrected chi connectivity index (χ4v) is 3.42. The average molecular weight is 373 g/mol. The van der Waals surface area contributed by atoms with Crippen molar-refractivity contribution in [3.8, 4) is 11.4 Å². The third-order valence-electron chi connectivity index (χ3n) is 4.59. The van der Waals surface area contributed by atoms with Crippen LogP contribution in [0.4, 0.5) is 10.2 Å². The van der Waals surface area contributed by atoms with Crippen LogP contribution in [-0.2, 0) is 4.74 Å². The lowest BCUT2D eigenvalue weighted by Crippen LogP contribution is -2.44.